The second-order valence-electron chi connectivity index (χ2n) is 6.08. The number of carbonyl (C=O) groups excluding carboxylic acids is 4. The van der Waals surface area contributed by atoms with Crippen LogP contribution in [0.15, 0.2) is 30.3 Å². The Morgan fingerprint density at radius 3 is 2.07 bits per heavy atom. The summed E-state index contributed by atoms with van der Waals surface area (Å²) in [6, 6.07) is 5.87. The maximum Gasteiger partial charge on any atom is 0.326 e. The first-order chi connectivity index (χ1) is 14.2. The molecule has 12 heteroatoms. The van der Waals surface area contributed by atoms with E-state index in [9.17, 15) is 33.9 Å². The van der Waals surface area contributed by atoms with E-state index in [-0.39, 0.29) is 12.8 Å². The summed E-state index contributed by atoms with van der Waals surface area (Å²) in [6.07, 6.45) is -0.478. The SMILES string of the molecule is O=CNCC(=O)NC(CC(=O)O)C(=O)NCC(=O)NC(Cc1ccccc1)C(=O)O. The fourth-order valence-electron chi connectivity index (χ4n) is 2.35. The lowest BCUT2D eigenvalue weighted by molar-refractivity contribution is -0.142. The maximum atomic E-state index is 12.1. The van der Waals surface area contributed by atoms with E-state index in [0.717, 1.165) is 0 Å². The third-order valence-corrected chi connectivity index (χ3v) is 3.72. The molecular formula is C18H22N4O8. The van der Waals surface area contributed by atoms with Crippen molar-refractivity contribution < 1.29 is 39.0 Å². The van der Waals surface area contributed by atoms with E-state index >= 15 is 0 Å². The van der Waals surface area contributed by atoms with Crippen molar-refractivity contribution in [1.82, 2.24) is 21.3 Å². The largest absolute Gasteiger partial charge is 0.481 e. The summed E-state index contributed by atoms with van der Waals surface area (Å²) in [6.45, 7) is -1.09. The molecule has 0 radical (unpaired) electrons. The van der Waals surface area contributed by atoms with Gasteiger partial charge in [0.15, 0.2) is 0 Å². The monoisotopic (exact) mass is 422 g/mol. The number of carboxylic acids is 2. The Hall–Kier alpha value is -3.96. The summed E-state index contributed by atoms with van der Waals surface area (Å²) >= 11 is 0. The van der Waals surface area contributed by atoms with Gasteiger partial charge in [0.25, 0.3) is 0 Å². The Kier molecular flexibility index (Phi) is 10.0. The molecule has 0 bridgehead atoms. The molecule has 6 N–H and O–H groups in total. The van der Waals surface area contributed by atoms with E-state index in [0.29, 0.717) is 5.56 Å². The first-order valence-corrected chi connectivity index (χ1v) is 8.75. The van der Waals surface area contributed by atoms with Crippen molar-refractivity contribution in [3.05, 3.63) is 35.9 Å². The van der Waals surface area contributed by atoms with E-state index < -0.39 is 61.3 Å². The lowest BCUT2D eigenvalue weighted by Gasteiger charge is -2.18. The first kappa shape index (κ1) is 24.1. The predicted molar refractivity (Wildman–Crippen MR) is 101 cm³/mol. The maximum absolute atomic E-state index is 12.1. The van der Waals surface area contributed by atoms with Crippen molar-refractivity contribution >= 4 is 36.1 Å². The van der Waals surface area contributed by atoms with Crippen molar-refractivity contribution in [3.8, 4) is 0 Å². The van der Waals surface area contributed by atoms with Gasteiger partial charge in [0.2, 0.25) is 24.1 Å². The molecule has 0 aliphatic rings. The Balaban J connectivity index is 2.62. The van der Waals surface area contributed by atoms with Gasteiger partial charge in [-0.1, -0.05) is 30.3 Å². The molecule has 1 aromatic rings. The van der Waals surface area contributed by atoms with Crippen LogP contribution < -0.4 is 21.3 Å². The first-order valence-electron chi connectivity index (χ1n) is 8.75. The summed E-state index contributed by atoms with van der Waals surface area (Å²) in [4.78, 5) is 68.2. The van der Waals surface area contributed by atoms with Crippen molar-refractivity contribution in [2.45, 2.75) is 24.9 Å². The Morgan fingerprint density at radius 1 is 0.900 bits per heavy atom. The third kappa shape index (κ3) is 9.30. The summed E-state index contributed by atoms with van der Waals surface area (Å²) in [5.41, 5.74) is 0.683. The molecule has 12 nitrogen and oxygen atoms in total. The number of benzene rings is 1. The van der Waals surface area contributed by atoms with Crippen LogP contribution in [0, 0.1) is 0 Å². The van der Waals surface area contributed by atoms with E-state index in [2.05, 4.69) is 21.3 Å². The van der Waals surface area contributed by atoms with Gasteiger partial charge in [-0.2, -0.15) is 0 Å². The summed E-state index contributed by atoms with van der Waals surface area (Å²) in [7, 11) is 0. The smallest absolute Gasteiger partial charge is 0.326 e. The van der Waals surface area contributed by atoms with Crippen LogP contribution in [0.1, 0.15) is 12.0 Å². The number of hydrogen-bond donors (Lipinski definition) is 6. The van der Waals surface area contributed by atoms with E-state index in [4.69, 9.17) is 5.11 Å². The molecule has 0 saturated heterocycles. The van der Waals surface area contributed by atoms with Gasteiger partial charge in [0, 0.05) is 6.42 Å². The van der Waals surface area contributed by atoms with Crippen LogP contribution in [0.3, 0.4) is 0 Å². The molecule has 1 aromatic carbocycles. The zero-order valence-corrected chi connectivity index (χ0v) is 15.8. The molecular weight excluding hydrogens is 400 g/mol. The van der Waals surface area contributed by atoms with Crippen LogP contribution >= 0.6 is 0 Å². The lowest BCUT2D eigenvalue weighted by Crippen LogP contribution is -2.52. The van der Waals surface area contributed by atoms with Crippen LogP contribution in [0.4, 0.5) is 0 Å². The van der Waals surface area contributed by atoms with Gasteiger partial charge in [0.1, 0.15) is 12.1 Å². The molecule has 1 rings (SSSR count). The van der Waals surface area contributed by atoms with E-state index in [1.54, 1.807) is 30.3 Å². The number of aliphatic carboxylic acids is 2. The summed E-state index contributed by atoms with van der Waals surface area (Å²) in [5.74, 6) is -5.22. The van der Waals surface area contributed by atoms with Crippen molar-refractivity contribution in [2.24, 2.45) is 0 Å². The van der Waals surface area contributed by atoms with Crippen LogP contribution in [-0.2, 0) is 35.2 Å². The minimum absolute atomic E-state index is 0.0251. The van der Waals surface area contributed by atoms with Crippen LogP contribution in [0.5, 0.6) is 0 Å². The number of carboxylic acid groups (broad SMARTS) is 2. The van der Waals surface area contributed by atoms with Gasteiger partial charge in [-0.15, -0.1) is 0 Å². The minimum Gasteiger partial charge on any atom is -0.481 e. The Labute approximate surface area is 171 Å². The quantitative estimate of drug-likeness (QED) is 0.190. The molecule has 0 saturated carbocycles. The standard InChI is InChI=1S/C18H22N4O8/c23-10-19-8-14(24)21-12(7-16(26)27)17(28)20-9-15(25)22-13(18(29)30)6-11-4-2-1-3-5-11/h1-5,10,12-13H,6-9H2,(H,19,23)(H,20,28)(H,21,24)(H,22,25)(H,26,27)(H,29,30). The zero-order chi connectivity index (χ0) is 22.5. The molecule has 30 heavy (non-hydrogen) atoms. The van der Waals surface area contributed by atoms with Crippen molar-refractivity contribution in [3.63, 3.8) is 0 Å². The zero-order valence-electron chi connectivity index (χ0n) is 15.8. The van der Waals surface area contributed by atoms with E-state index in [1.165, 1.54) is 0 Å². The molecule has 2 atom stereocenters. The Bertz CT molecular complexity index is 784. The molecule has 0 fully saturated rings. The highest BCUT2D eigenvalue weighted by molar-refractivity contribution is 5.94. The Morgan fingerprint density at radius 2 is 1.50 bits per heavy atom. The molecule has 2 unspecified atom stereocenters. The molecule has 0 aliphatic carbocycles. The molecule has 0 aromatic heterocycles. The normalized spacial score (nSPS) is 12.0. The second kappa shape index (κ2) is 12.5. The van der Waals surface area contributed by atoms with Crippen molar-refractivity contribution in [2.75, 3.05) is 13.1 Å². The fourth-order valence-corrected chi connectivity index (χ4v) is 2.35. The number of nitrogens with one attached hydrogen (secondary N) is 4. The fraction of sp³-hybridized carbons (Fsp3) is 0.333. The molecule has 4 amide bonds. The number of amides is 4. The van der Waals surface area contributed by atoms with Crippen LogP contribution in [0.25, 0.3) is 0 Å². The highest BCUT2D eigenvalue weighted by Gasteiger charge is 2.25. The highest BCUT2D eigenvalue weighted by Crippen LogP contribution is 2.03. The van der Waals surface area contributed by atoms with E-state index in [1.807, 2.05) is 0 Å². The summed E-state index contributed by atoms with van der Waals surface area (Å²) in [5, 5.41) is 26.7. The highest BCUT2D eigenvalue weighted by atomic mass is 16.4. The average Bonchev–Trinajstić information content (AvgIpc) is 2.69. The number of carbonyl (C=O) groups is 6. The van der Waals surface area contributed by atoms with Gasteiger partial charge in [-0.3, -0.25) is 24.0 Å². The molecule has 0 aliphatic heterocycles. The van der Waals surface area contributed by atoms with Crippen LogP contribution in [0.2, 0.25) is 0 Å². The second-order valence-corrected chi connectivity index (χ2v) is 6.08. The van der Waals surface area contributed by atoms with Gasteiger partial charge in [-0.25, -0.2) is 4.79 Å². The lowest BCUT2D eigenvalue weighted by atomic mass is 10.1. The third-order valence-electron chi connectivity index (χ3n) is 3.72. The van der Waals surface area contributed by atoms with Crippen LogP contribution in [-0.4, -0.2) is 71.5 Å². The molecule has 0 spiro atoms. The topological polar surface area (TPSA) is 191 Å². The van der Waals surface area contributed by atoms with Gasteiger partial charge >= 0.3 is 11.9 Å². The van der Waals surface area contributed by atoms with Gasteiger partial charge < -0.3 is 31.5 Å². The number of rotatable bonds is 13. The summed E-state index contributed by atoms with van der Waals surface area (Å²) < 4.78 is 0. The predicted octanol–water partition coefficient (Wildman–Crippen LogP) is -2.38. The average molecular weight is 422 g/mol. The molecule has 0 heterocycles. The van der Waals surface area contributed by atoms with Gasteiger partial charge in [0.05, 0.1) is 19.5 Å². The number of hydrogen-bond acceptors (Lipinski definition) is 6. The molecule has 162 valence electrons. The van der Waals surface area contributed by atoms with Crippen molar-refractivity contribution in [1.29, 1.82) is 0 Å². The minimum atomic E-state index is -1.49. The van der Waals surface area contributed by atoms with Gasteiger partial charge in [-0.05, 0) is 5.56 Å².